The molecule has 1 rings (SSSR count). The molecule has 0 saturated heterocycles. The number of rotatable bonds is 6. The number of hydrogen-bond donors (Lipinski definition) is 0. The van der Waals surface area contributed by atoms with Crippen LogP contribution in [0.3, 0.4) is 0 Å². The van der Waals surface area contributed by atoms with E-state index in [1.807, 2.05) is 46.2 Å². The van der Waals surface area contributed by atoms with Crippen molar-refractivity contribution in [3.05, 3.63) is 47.2 Å². The lowest BCUT2D eigenvalue weighted by molar-refractivity contribution is -0.117. The molecule has 0 aromatic heterocycles. The first-order chi connectivity index (χ1) is 9.31. The maximum Gasteiger partial charge on any atom is 0.168 e. The minimum absolute atomic E-state index is 0.109. The number of hydrogen-bond acceptors (Lipinski definition) is 3. The van der Waals surface area contributed by atoms with Gasteiger partial charge < -0.3 is 9.80 Å². The lowest BCUT2D eigenvalue weighted by Crippen LogP contribution is -2.27. The molecular formula is C17H26N2O. The predicted molar refractivity (Wildman–Crippen MR) is 84.9 cm³/mol. The van der Waals surface area contributed by atoms with Crippen LogP contribution in [0.15, 0.2) is 36.0 Å². The number of carbonyl (C=O) groups is 1. The van der Waals surface area contributed by atoms with Gasteiger partial charge in [0.25, 0.3) is 0 Å². The Bertz CT molecular complexity index is 472. The molecule has 1 aromatic rings. The molecule has 0 saturated carbocycles. The number of benzene rings is 1. The van der Waals surface area contributed by atoms with Gasteiger partial charge in [0.15, 0.2) is 5.78 Å². The van der Waals surface area contributed by atoms with Crippen molar-refractivity contribution in [1.29, 1.82) is 0 Å². The smallest absolute Gasteiger partial charge is 0.168 e. The summed E-state index contributed by atoms with van der Waals surface area (Å²) in [5.41, 5.74) is 3.09. The lowest BCUT2D eigenvalue weighted by Gasteiger charge is -2.21. The molecule has 0 fully saturated rings. The molecule has 3 heteroatoms. The number of aryl methyl sites for hydroxylation is 1. The maximum atomic E-state index is 12.7. The molecule has 0 N–H and O–H groups in total. The van der Waals surface area contributed by atoms with Crippen LogP contribution in [-0.4, -0.2) is 50.3 Å². The number of likely N-dealkylation sites (N-methyl/N-ethyl adjacent to an activating group) is 1. The van der Waals surface area contributed by atoms with E-state index in [0.717, 1.165) is 17.7 Å². The van der Waals surface area contributed by atoms with Crippen molar-refractivity contribution in [2.45, 2.75) is 19.8 Å². The van der Waals surface area contributed by atoms with Crippen molar-refractivity contribution in [3.8, 4) is 0 Å². The van der Waals surface area contributed by atoms with Crippen molar-refractivity contribution >= 4 is 5.78 Å². The largest absolute Gasteiger partial charge is 0.383 e. The molecule has 0 aliphatic heterocycles. The molecular weight excluding hydrogens is 248 g/mol. The second-order valence-corrected chi connectivity index (χ2v) is 5.87. The zero-order valence-corrected chi connectivity index (χ0v) is 13.5. The zero-order chi connectivity index (χ0) is 15.3. The highest BCUT2D eigenvalue weighted by Crippen LogP contribution is 2.22. The highest BCUT2D eigenvalue weighted by Gasteiger charge is 2.22. The summed E-state index contributed by atoms with van der Waals surface area (Å²) in [6.45, 7) is 4.67. The first-order valence-corrected chi connectivity index (χ1v) is 6.91. The van der Waals surface area contributed by atoms with Gasteiger partial charge in [-0.2, -0.15) is 0 Å². The summed E-state index contributed by atoms with van der Waals surface area (Å²) in [5.74, 6) is 0.0815. The van der Waals surface area contributed by atoms with Crippen LogP contribution >= 0.6 is 0 Å². The van der Waals surface area contributed by atoms with Crippen LogP contribution in [0.5, 0.6) is 0 Å². The highest BCUT2D eigenvalue weighted by molar-refractivity contribution is 6.00. The summed E-state index contributed by atoms with van der Waals surface area (Å²) < 4.78 is 0. The first-order valence-electron chi connectivity index (χ1n) is 6.91. The minimum atomic E-state index is -0.109. The third-order valence-electron chi connectivity index (χ3n) is 3.18. The van der Waals surface area contributed by atoms with Gasteiger partial charge in [-0.25, -0.2) is 0 Å². The van der Waals surface area contributed by atoms with E-state index < -0.39 is 0 Å². The molecule has 0 aliphatic rings. The highest BCUT2D eigenvalue weighted by atomic mass is 16.1. The monoisotopic (exact) mass is 274 g/mol. The van der Waals surface area contributed by atoms with Gasteiger partial charge in [-0.15, -0.1) is 0 Å². The predicted octanol–water partition coefficient (Wildman–Crippen LogP) is 2.67. The zero-order valence-electron chi connectivity index (χ0n) is 13.5. The molecule has 0 amide bonds. The fourth-order valence-electron chi connectivity index (χ4n) is 2.23. The number of nitrogens with zero attached hydrogens (tertiary/aromatic N) is 2. The Kier molecular flexibility index (Phi) is 5.96. The third kappa shape index (κ3) is 4.82. The topological polar surface area (TPSA) is 23.6 Å². The molecule has 0 heterocycles. The van der Waals surface area contributed by atoms with Crippen molar-refractivity contribution in [2.75, 3.05) is 34.7 Å². The number of allylic oxidation sites excluding steroid dienone is 1. The Morgan fingerprint density at radius 2 is 1.70 bits per heavy atom. The fourth-order valence-corrected chi connectivity index (χ4v) is 2.23. The van der Waals surface area contributed by atoms with E-state index in [-0.39, 0.29) is 11.7 Å². The van der Waals surface area contributed by atoms with E-state index in [1.165, 1.54) is 5.56 Å². The van der Waals surface area contributed by atoms with Crippen LogP contribution in [0, 0.1) is 6.92 Å². The van der Waals surface area contributed by atoms with Crippen LogP contribution in [0.4, 0.5) is 0 Å². The standard InChI is InChI=1S/C17H26N2O/c1-13-7-9-15(10-8-13)16(12-19(5)6)17(20)14(2)11-18(3)4/h7-11,16H,12H2,1-6H3. The Hall–Kier alpha value is -1.61. The maximum absolute atomic E-state index is 12.7. The van der Waals surface area contributed by atoms with E-state index in [2.05, 4.69) is 36.1 Å². The van der Waals surface area contributed by atoms with Gasteiger partial charge in [-0.3, -0.25) is 4.79 Å². The second kappa shape index (κ2) is 7.25. The Morgan fingerprint density at radius 3 is 2.15 bits per heavy atom. The summed E-state index contributed by atoms with van der Waals surface area (Å²) in [6.07, 6.45) is 1.89. The Balaban J connectivity index is 3.06. The van der Waals surface area contributed by atoms with Crippen LogP contribution in [0.1, 0.15) is 24.0 Å². The van der Waals surface area contributed by atoms with E-state index in [0.29, 0.717) is 0 Å². The summed E-state index contributed by atoms with van der Waals surface area (Å²) in [7, 11) is 7.87. The molecule has 0 bridgehead atoms. The summed E-state index contributed by atoms with van der Waals surface area (Å²) in [4.78, 5) is 16.7. The average molecular weight is 274 g/mol. The van der Waals surface area contributed by atoms with Crippen LogP contribution in [-0.2, 0) is 4.79 Å². The van der Waals surface area contributed by atoms with Crippen molar-refractivity contribution in [3.63, 3.8) is 0 Å². The Morgan fingerprint density at radius 1 is 1.15 bits per heavy atom. The van der Waals surface area contributed by atoms with Gasteiger partial charge >= 0.3 is 0 Å². The second-order valence-electron chi connectivity index (χ2n) is 5.87. The first kappa shape index (κ1) is 16.4. The normalized spacial score (nSPS) is 13.4. The SMILES string of the molecule is CC(=CN(C)C)C(=O)C(CN(C)C)c1ccc(C)cc1. The summed E-state index contributed by atoms with van der Waals surface area (Å²) in [6, 6.07) is 8.25. The summed E-state index contributed by atoms with van der Waals surface area (Å²) >= 11 is 0. The molecule has 0 spiro atoms. The average Bonchev–Trinajstić information content (AvgIpc) is 2.35. The van der Waals surface area contributed by atoms with Crippen LogP contribution < -0.4 is 0 Å². The van der Waals surface area contributed by atoms with Gasteiger partial charge in [0.05, 0.1) is 5.92 Å². The van der Waals surface area contributed by atoms with Gasteiger partial charge in [-0.05, 0) is 33.5 Å². The molecule has 0 aliphatic carbocycles. The summed E-state index contributed by atoms with van der Waals surface area (Å²) in [5, 5.41) is 0. The minimum Gasteiger partial charge on any atom is -0.383 e. The van der Waals surface area contributed by atoms with Gasteiger partial charge in [-0.1, -0.05) is 29.8 Å². The van der Waals surface area contributed by atoms with E-state index in [1.54, 1.807) is 0 Å². The van der Waals surface area contributed by atoms with Gasteiger partial charge in [0.2, 0.25) is 0 Å². The fraction of sp³-hybridized carbons (Fsp3) is 0.471. The molecule has 3 nitrogen and oxygen atoms in total. The van der Waals surface area contributed by atoms with Crippen molar-refractivity contribution in [2.24, 2.45) is 0 Å². The van der Waals surface area contributed by atoms with E-state index in [4.69, 9.17) is 0 Å². The number of Topliss-reactive ketones (excluding diaryl/α,β-unsaturated/α-hetero) is 1. The van der Waals surface area contributed by atoms with Crippen LogP contribution in [0.25, 0.3) is 0 Å². The van der Waals surface area contributed by atoms with Crippen LogP contribution in [0.2, 0.25) is 0 Å². The van der Waals surface area contributed by atoms with Gasteiger partial charge in [0.1, 0.15) is 0 Å². The number of ketones is 1. The van der Waals surface area contributed by atoms with Gasteiger partial charge in [0, 0.05) is 32.4 Å². The molecule has 1 unspecified atom stereocenters. The third-order valence-corrected chi connectivity index (χ3v) is 3.18. The Labute approximate surface area is 122 Å². The molecule has 110 valence electrons. The molecule has 20 heavy (non-hydrogen) atoms. The number of carbonyl (C=O) groups excluding carboxylic acids is 1. The quantitative estimate of drug-likeness (QED) is 0.745. The van der Waals surface area contributed by atoms with Crippen molar-refractivity contribution < 1.29 is 4.79 Å². The van der Waals surface area contributed by atoms with Crippen molar-refractivity contribution in [1.82, 2.24) is 9.80 Å². The van der Waals surface area contributed by atoms with E-state index in [9.17, 15) is 4.79 Å². The molecule has 1 aromatic carbocycles. The lowest BCUT2D eigenvalue weighted by atomic mass is 9.90. The molecule has 1 atom stereocenters. The molecule has 0 radical (unpaired) electrons. The van der Waals surface area contributed by atoms with E-state index >= 15 is 0 Å².